The Labute approximate surface area is 129 Å². The summed E-state index contributed by atoms with van der Waals surface area (Å²) >= 11 is 0. The summed E-state index contributed by atoms with van der Waals surface area (Å²) in [5.74, 6) is 1.70. The first-order valence-electron chi connectivity index (χ1n) is 7.98. The van der Waals surface area contributed by atoms with Gasteiger partial charge in [-0.25, -0.2) is 0 Å². The van der Waals surface area contributed by atoms with Crippen LogP contribution in [-0.2, 0) is 0 Å². The van der Waals surface area contributed by atoms with Crippen LogP contribution < -0.4 is 10.1 Å². The Hall–Kier alpha value is -1.06. The minimum atomic E-state index is -0.203. The number of likely N-dealkylation sites (N-methyl/N-ethyl adjacent to an activating group) is 1. The molecule has 1 aliphatic heterocycles. The molecular weight excluding hydrogens is 260 g/mol. The molecule has 0 saturated heterocycles. The molecule has 1 aromatic rings. The lowest BCUT2D eigenvalue weighted by Gasteiger charge is -2.33. The van der Waals surface area contributed by atoms with Gasteiger partial charge in [0.25, 0.3) is 0 Å². The van der Waals surface area contributed by atoms with Gasteiger partial charge in [0.2, 0.25) is 0 Å². The minimum absolute atomic E-state index is 0.203. The van der Waals surface area contributed by atoms with Crippen molar-refractivity contribution >= 4 is 0 Å². The second-order valence-electron chi connectivity index (χ2n) is 7.43. The fraction of sp³-hybridized carbons (Fsp3) is 0.667. The highest BCUT2D eigenvalue weighted by atomic mass is 16.5. The summed E-state index contributed by atoms with van der Waals surface area (Å²) in [6.45, 7) is 9.97. The van der Waals surface area contributed by atoms with Crippen LogP contribution >= 0.6 is 0 Å². The predicted octanol–water partition coefficient (Wildman–Crippen LogP) is 3.46. The monoisotopic (exact) mass is 290 g/mol. The van der Waals surface area contributed by atoms with Gasteiger partial charge >= 0.3 is 0 Å². The number of ether oxygens (including phenoxy) is 1. The number of nitrogens with one attached hydrogen (secondary N) is 1. The van der Waals surface area contributed by atoms with E-state index in [1.807, 2.05) is 6.07 Å². The van der Waals surface area contributed by atoms with Gasteiger partial charge in [-0.1, -0.05) is 32.0 Å². The molecule has 0 aliphatic carbocycles. The Morgan fingerprint density at radius 3 is 2.52 bits per heavy atom. The molecule has 0 saturated carbocycles. The van der Waals surface area contributed by atoms with E-state index >= 15 is 0 Å². The van der Waals surface area contributed by atoms with Crippen molar-refractivity contribution in [2.24, 2.45) is 5.92 Å². The summed E-state index contributed by atoms with van der Waals surface area (Å²) in [6, 6.07) is 9.12. The summed E-state index contributed by atoms with van der Waals surface area (Å²) in [7, 11) is 4.28. The molecule has 1 N–H and O–H groups in total. The number of rotatable bonds is 6. The maximum absolute atomic E-state index is 6.14. The normalized spacial score (nSPS) is 21.4. The minimum Gasteiger partial charge on any atom is -0.486 e. The Kier molecular flexibility index (Phi) is 4.95. The predicted molar refractivity (Wildman–Crippen MR) is 88.8 cm³/mol. The van der Waals surface area contributed by atoms with Crippen LogP contribution in [0.25, 0.3) is 0 Å². The van der Waals surface area contributed by atoms with E-state index in [1.165, 1.54) is 12.0 Å². The van der Waals surface area contributed by atoms with Crippen LogP contribution in [0.2, 0.25) is 0 Å². The molecule has 0 bridgehead atoms. The second kappa shape index (κ2) is 6.37. The third-order valence-corrected chi connectivity index (χ3v) is 4.04. The molecule has 2 atom stereocenters. The van der Waals surface area contributed by atoms with Gasteiger partial charge in [-0.2, -0.15) is 0 Å². The highest BCUT2D eigenvalue weighted by Gasteiger charge is 2.41. The molecule has 0 amide bonds. The third-order valence-electron chi connectivity index (χ3n) is 4.04. The number of nitrogens with zero attached hydrogens (tertiary/aromatic N) is 1. The Morgan fingerprint density at radius 1 is 1.24 bits per heavy atom. The van der Waals surface area contributed by atoms with Crippen LogP contribution in [0.3, 0.4) is 0 Å². The molecule has 2 rings (SSSR count). The number of hydrogen-bond donors (Lipinski definition) is 1. The van der Waals surface area contributed by atoms with E-state index in [2.05, 4.69) is 70.2 Å². The third kappa shape index (κ3) is 3.98. The fourth-order valence-corrected chi connectivity index (χ4v) is 3.26. The van der Waals surface area contributed by atoms with Crippen molar-refractivity contribution in [2.45, 2.75) is 51.8 Å². The first-order chi connectivity index (χ1) is 9.79. The van der Waals surface area contributed by atoms with Gasteiger partial charge in [0.1, 0.15) is 11.4 Å². The van der Waals surface area contributed by atoms with Crippen LogP contribution in [0, 0.1) is 5.92 Å². The lowest BCUT2D eigenvalue weighted by molar-refractivity contribution is 0.0866. The van der Waals surface area contributed by atoms with Crippen molar-refractivity contribution in [2.75, 3.05) is 20.6 Å². The Balaban J connectivity index is 2.18. The number of benzene rings is 1. The van der Waals surface area contributed by atoms with Gasteiger partial charge < -0.3 is 15.0 Å². The average Bonchev–Trinajstić information content (AvgIpc) is 2.59. The van der Waals surface area contributed by atoms with Crippen molar-refractivity contribution in [3.05, 3.63) is 29.8 Å². The topological polar surface area (TPSA) is 24.5 Å². The maximum atomic E-state index is 6.14. The van der Waals surface area contributed by atoms with E-state index in [0.29, 0.717) is 12.0 Å². The van der Waals surface area contributed by atoms with Gasteiger partial charge in [0, 0.05) is 18.2 Å². The fourth-order valence-electron chi connectivity index (χ4n) is 3.26. The van der Waals surface area contributed by atoms with Crippen LogP contribution in [0.5, 0.6) is 5.75 Å². The summed E-state index contributed by atoms with van der Waals surface area (Å²) in [5, 5.41) is 3.86. The van der Waals surface area contributed by atoms with Gasteiger partial charge in [0.05, 0.1) is 6.04 Å². The van der Waals surface area contributed by atoms with Gasteiger partial charge in [-0.05, 0) is 46.3 Å². The molecule has 0 aromatic heterocycles. The molecule has 21 heavy (non-hydrogen) atoms. The molecule has 1 aliphatic rings. The van der Waals surface area contributed by atoms with Crippen LogP contribution in [0.1, 0.15) is 45.7 Å². The Bertz CT molecular complexity index is 458. The van der Waals surface area contributed by atoms with Crippen LogP contribution in [0.15, 0.2) is 24.3 Å². The van der Waals surface area contributed by atoms with Crippen LogP contribution in [0.4, 0.5) is 0 Å². The molecule has 1 heterocycles. The standard InChI is InChI=1S/C18H30N2O/c1-13(2)11-14(12-20(5)6)19-17-15-9-7-8-10-16(15)21-18(17,3)4/h7-10,13-14,17,19H,11-12H2,1-6H3. The SMILES string of the molecule is CC(C)CC(CN(C)C)NC1c2ccccc2OC1(C)C. The maximum Gasteiger partial charge on any atom is 0.125 e. The molecular formula is C18H30N2O. The van der Waals surface area contributed by atoms with E-state index in [0.717, 1.165) is 12.3 Å². The summed E-state index contributed by atoms with van der Waals surface area (Å²) < 4.78 is 6.14. The summed E-state index contributed by atoms with van der Waals surface area (Å²) in [5.41, 5.74) is 1.08. The zero-order valence-corrected chi connectivity index (χ0v) is 14.3. The van der Waals surface area contributed by atoms with Crippen molar-refractivity contribution in [1.82, 2.24) is 10.2 Å². The van der Waals surface area contributed by atoms with Gasteiger partial charge in [-0.15, -0.1) is 0 Å². The molecule has 0 radical (unpaired) electrons. The molecule has 1 aromatic carbocycles. The van der Waals surface area contributed by atoms with Gasteiger partial charge in [0.15, 0.2) is 0 Å². The van der Waals surface area contributed by atoms with E-state index in [-0.39, 0.29) is 11.6 Å². The highest BCUT2D eigenvalue weighted by molar-refractivity contribution is 5.42. The molecule has 3 heteroatoms. The average molecular weight is 290 g/mol. The summed E-state index contributed by atoms with van der Waals surface area (Å²) in [4.78, 5) is 2.26. The van der Waals surface area contributed by atoms with Crippen molar-refractivity contribution in [3.8, 4) is 5.75 Å². The van der Waals surface area contributed by atoms with Crippen LogP contribution in [-0.4, -0.2) is 37.2 Å². The molecule has 2 unspecified atom stereocenters. The molecule has 0 fully saturated rings. The number of para-hydroxylation sites is 1. The highest BCUT2D eigenvalue weighted by Crippen LogP contribution is 2.43. The van der Waals surface area contributed by atoms with E-state index in [9.17, 15) is 0 Å². The Morgan fingerprint density at radius 2 is 1.90 bits per heavy atom. The van der Waals surface area contributed by atoms with Crippen molar-refractivity contribution in [3.63, 3.8) is 0 Å². The zero-order valence-electron chi connectivity index (χ0n) is 14.3. The lowest BCUT2D eigenvalue weighted by Crippen LogP contribution is -2.47. The zero-order chi connectivity index (χ0) is 15.6. The molecule has 3 nitrogen and oxygen atoms in total. The van der Waals surface area contributed by atoms with Gasteiger partial charge in [-0.3, -0.25) is 0 Å². The van der Waals surface area contributed by atoms with Crippen molar-refractivity contribution in [1.29, 1.82) is 0 Å². The van der Waals surface area contributed by atoms with E-state index in [1.54, 1.807) is 0 Å². The quantitative estimate of drug-likeness (QED) is 0.868. The van der Waals surface area contributed by atoms with E-state index in [4.69, 9.17) is 4.74 Å². The summed E-state index contributed by atoms with van der Waals surface area (Å²) in [6.07, 6.45) is 1.17. The number of hydrogen-bond acceptors (Lipinski definition) is 3. The lowest BCUT2D eigenvalue weighted by atomic mass is 9.92. The van der Waals surface area contributed by atoms with E-state index < -0.39 is 0 Å². The first kappa shape index (κ1) is 16.3. The molecule has 0 spiro atoms. The smallest absolute Gasteiger partial charge is 0.125 e. The second-order valence-corrected chi connectivity index (χ2v) is 7.43. The van der Waals surface area contributed by atoms with Crippen molar-refractivity contribution < 1.29 is 4.74 Å². The number of fused-ring (bicyclic) bond motifs is 1. The molecule has 118 valence electrons. The first-order valence-corrected chi connectivity index (χ1v) is 7.98. The largest absolute Gasteiger partial charge is 0.486 e.